The fraction of sp³-hybridized carbons (Fsp3) is 0. The van der Waals surface area contributed by atoms with Crippen molar-refractivity contribution < 1.29 is 8.42 Å². The average molecular weight is 369 g/mol. The molecule has 0 saturated carbocycles. The maximum Gasteiger partial charge on any atom is 0.265 e. The smallest absolute Gasteiger partial charge is 0.265 e. The molecule has 21 heavy (non-hydrogen) atoms. The van der Waals surface area contributed by atoms with Gasteiger partial charge in [0.05, 0.1) is 33.1 Å². The van der Waals surface area contributed by atoms with Crippen LogP contribution in [0.3, 0.4) is 0 Å². The van der Waals surface area contributed by atoms with E-state index in [-0.39, 0.29) is 31.6 Å². The molecule has 1 aromatic heterocycles. The Morgan fingerprint density at radius 3 is 2.14 bits per heavy atom. The summed E-state index contributed by atoms with van der Waals surface area (Å²) in [5.74, 6) is 5.18. The van der Waals surface area contributed by atoms with Crippen LogP contribution < -0.4 is 16.0 Å². The minimum Gasteiger partial charge on any atom is -0.292 e. The third-order valence-electron chi connectivity index (χ3n) is 2.32. The quantitative estimate of drug-likeness (QED) is 0.434. The van der Waals surface area contributed by atoms with Crippen molar-refractivity contribution in [2.45, 2.75) is 4.90 Å². The van der Waals surface area contributed by atoms with Crippen LogP contribution in [0.1, 0.15) is 0 Å². The molecule has 0 unspecified atom stereocenters. The van der Waals surface area contributed by atoms with Gasteiger partial charge >= 0.3 is 0 Å². The summed E-state index contributed by atoms with van der Waals surface area (Å²) in [5, 5.41) is 0.484. The van der Waals surface area contributed by atoms with Crippen LogP contribution in [-0.4, -0.2) is 18.4 Å². The molecule has 11 heteroatoms. The molecule has 112 valence electrons. The summed E-state index contributed by atoms with van der Waals surface area (Å²) in [6.07, 6.45) is 2.19. The summed E-state index contributed by atoms with van der Waals surface area (Å²) in [6.45, 7) is 0. The molecule has 0 bridgehead atoms. The molecule has 7 nitrogen and oxygen atoms in total. The van der Waals surface area contributed by atoms with Crippen LogP contribution in [0.25, 0.3) is 0 Å². The second-order valence-electron chi connectivity index (χ2n) is 3.74. The summed E-state index contributed by atoms with van der Waals surface area (Å²) >= 11 is 17.5. The number of hydrazine groups is 1. The third kappa shape index (κ3) is 3.66. The van der Waals surface area contributed by atoms with Crippen molar-refractivity contribution in [1.82, 2.24) is 9.97 Å². The Kier molecular flexibility index (Phi) is 4.74. The first-order valence-corrected chi connectivity index (χ1v) is 7.91. The number of rotatable bonds is 4. The largest absolute Gasteiger partial charge is 0.292 e. The molecule has 1 aromatic carbocycles. The zero-order valence-corrected chi connectivity index (χ0v) is 13.2. The van der Waals surface area contributed by atoms with Gasteiger partial charge < -0.3 is 0 Å². The van der Waals surface area contributed by atoms with Gasteiger partial charge in [0.15, 0.2) is 0 Å². The molecule has 0 aliphatic rings. The third-order valence-corrected chi connectivity index (χ3v) is 4.68. The Labute approximate surface area is 135 Å². The molecule has 2 rings (SSSR count). The van der Waals surface area contributed by atoms with Crippen LogP contribution >= 0.6 is 34.8 Å². The van der Waals surface area contributed by atoms with Gasteiger partial charge in [-0.3, -0.25) is 10.1 Å². The monoisotopic (exact) mass is 367 g/mol. The van der Waals surface area contributed by atoms with Gasteiger partial charge in [-0.25, -0.2) is 24.2 Å². The number of nitrogens with two attached hydrogens (primary N) is 1. The molecule has 1 heterocycles. The Morgan fingerprint density at radius 1 is 1.00 bits per heavy atom. The second kappa shape index (κ2) is 6.20. The molecule has 4 N–H and O–H groups in total. The number of nitrogens with zero attached hydrogens (tertiary/aromatic N) is 2. The molecule has 0 radical (unpaired) electrons. The van der Waals surface area contributed by atoms with Crippen molar-refractivity contribution in [3.8, 4) is 0 Å². The molecule has 0 fully saturated rings. The van der Waals surface area contributed by atoms with Gasteiger partial charge in [-0.05, 0) is 12.1 Å². The number of sulfonamides is 1. The summed E-state index contributed by atoms with van der Waals surface area (Å²) in [6, 6.07) is 2.64. The van der Waals surface area contributed by atoms with Crippen molar-refractivity contribution in [2.24, 2.45) is 5.84 Å². The summed E-state index contributed by atoms with van der Waals surface area (Å²) < 4.78 is 26.6. The van der Waals surface area contributed by atoms with Gasteiger partial charge in [0.25, 0.3) is 10.0 Å². The van der Waals surface area contributed by atoms with Gasteiger partial charge in [0.1, 0.15) is 4.90 Å². The Hall–Kier alpha value is -1.32. The van der Waals surface area contributed by atoms with E-state index in [0.717, 1.165) is 12.4 Å². The lowest BCUT2D eigenvalue weighted by Gasteiger charge is -2.10. The highest BCUT2D eigenvalue weighted by molar-refractivity contribution is 7.92. The maximum absolute atomic E-state index is 12.2. The van der Waals surface area contributed by atoms with E-state index in [1.54, 1.807) is 0 Å². The Balaban J connectivity index is 2.34. The van der Waals surface area contributed by atoms with Gasteiger partial charge in [-0.2, -0.15) is 0 Å². The van der Waals surface area contributed by atoms with Crippen molar-refractivity contribution in [3.63, 3.8) is 0 Å². The van der Waals surface area contributed by atoms with Crippen LogP contribution in [0.2, 0.25) is 15.1 Å². The van der Waals surface area contributed by atoms with Crippen molar-refractivity contribution >= 4 is 56.5 Å². The van der Waals surface area contributed by atoms with Crippen LogP contribution in [0, 0.1) is 0 Å². The number of aromatic nitrogens is 2. The Morgan fingerprint density at radius 2 is 1.57 bits per heavy atom. The fourth-order valence-corrected chi connectivity index (χ4v) is 2.94. The molecule has 0 aliphatic carbocycles. The first kappa shape index (κ1) is 16.1. The van der Waals surface area contributed by atoms with Gasteiger partial charge in [0, 0.05) is 0 Å². The van der Waals surface area contributed by atoms with Crippen LogP contribution in [0.4, 0.5) is 11.6 Å². The average Bonchev–Trinajstić information content (AvgIpc) is 2.44. The van der Waals surface area contributed by atoms with E-state index in [2.05, 4.69) is 20.1 Å². The van der Waals surface area contributed by atoms with E-state index in [1.165, 1.54) is 12.1 Å². The lowest BCUT2D eigenvalue weighted by atomic mass is 10.3. The number of hydrogen-bond donors (Lipinski definition) is 3. The Bertz CT molecular complexity index is 767. The first-order chi connectivity index (χ1) is 9.83. The first-order valence-electron chi connectivity index (χ1n) is 5.29. The van der Waals surface area contributed by atoms with E-state index in [0.29, 0.717) is 0 Å². The van der Waals surface area contributed by atoms with Gasteiger partial charge in [0.2, 0.25) is 5.95 Å². The SMILES string of the molecule is NNc1ncc(S(=O)(=O)Nc2cc(Cl)c(Cl)cc2Cl)cn1. The number of hydrogen-bond acceptors (Lipinski definition) is 6. The number of nitrogens with one attached hydrogen (secondary N) is 2. The van der Waals surface area contributed by atoms with Gasteiger partial charge in [-0.1, -0.05) is 34.8 Å². The normalized spacial score (nSPS) is 11.2. The van der Waals surface area contributed by atoms with E-state index >= 15 is 0 Å². The molecule has 2 aromatic rings. The molecular formula is C10H8Cl3N5O2S. The highest BCUT2D eigenvalue weighted by Crippen LogP contribution is 2.33. The second-order valence-corrected chi connectivity index (χ2v) is 6.64. The number of anilines is 2. The van der Waals surface area contributed by atoms with Gasteiger partial charge in [-0.15, -0.1) is 0 Å². The molecular weight excluding hydrogens is 361 g/mol. The maximum atomic E-state index is 12.2. The van der Waals surface area contributed by atoms with E-state index < -0.39 is 10.0 Å². The van der Waals surface area contributed by atoms with E-state index in [1.807, 2.05) is 0 Å². The van der Waals surface area contributed by atoms with E-state index in [4.69, 9.17) is 40.6 Å². The van der Waals surface area contributed by atoms with Crippen LogP contribution in [-0.2, 0) is 10.0 Å². The summed E-state index contributed by atoms with van der Waals surface area (Å²) in [4.78, 5) is 7.26. The van der Waals surface area contributed by atoms with Crippen molar-refractivity contribution in [2.75, 3.05) is 10.1 Å². The lowest BCUT2D eigenvalue weighted by molar-refractivity contribution is 0.600. The number of nitrogen functional groups attached to an aromatic ring is 1. The standard InChI is InChI=1S/C10H8Cl3N5O2S/c11-6-1-8(13)9(2-7(6)12)18-21(19,20)5-3-15-10(17-14)16-4-5/h1-4,18H,14H2,(H,15,16,17). The predicted octanol–water partition coefficient (Wildman–Crippen LogP) is 2.52. The molecule has 0 atom stereocenters. The van der Waals surface area contributed by atoms with Crippen LogP contribution in [0.5, 0.6) is 0 Å². The topological polar surface area (TPSA) is 110 Å². The zero-order chi connectivity index (χ0) is 15.6. The highest BCUT2D eigenvalue weighted by atomic mass is 35.5. The minimum atomic E-state index is -3.92. The lowest BCUT2D eigenvalue weighted by Crippen LogP contribution is -2.15. The molecule has 0 amide bonds. The highest BCUT2D eigenvalue weighted by Gasteiger charge is 2.18. The predicted molar refractivity (Wildman–Crippen MR) is 82.1 cm³/mol. The summed E-state index contributed by atoms with van der Waals surface area (Å²) in [7, 11) is -3.92. The molecule has 0 aliphatic heterocycles. The molecule has 0 saturated heterocycles. The van der Waals surface area contributed by atoms with Crippen molar-refractivity contribution in [1.29, 1.82) is 0 Å². The number of benzene rings is 1. The van der Waals surface area contributed by atoms with E-state index in [9.17, 15) is 8.42 Å². The van der Waals surface area contributed by atoms with Crippen molar-refractivity contribution in [3.05, 3.63) is 39.6 Å². The minimum absolute atomic E-state index is 0.0847. The number of halogens is 3. The molecule has 0 spiro atoms. The van der Waals surface area contributed by atoms with Crippen LogP contribution in [0.15, 0.2) is 29.4 Å². The zero-order valence-electron chi connectivity index (χ0n) is 10.1. The summed E-state index contributed by atoms with van der Waals surface area (Å²) in [5.41, 5.74) is 2.28. The fourth-order valence-electron chi connectivity index (χ4n) is 1.33.